The molecule has 0 aliphatic rings. The number of carboxylic acid groups (broad SMARTS) is 1. The summed E-state index contributed by atoms with van der Waals surface area (Å²) in [6.45, 7) is 2.96. The molecule has 2 N–H and O–H groups in total. The van der Waals surface area contributed by atoms with Crippen LogP contribution in [0.2, 0.25) is 5.02 Å². The summed E-state index contributed by atoms with van der Waals surface area (Å²) < 4.78 is 25.8. The normalized spacial score (nSPS) is 13.4. The Bertz CT molecular complexity index is 541. The van der Waals surface area contributed by atoms with Gasteiger partial charge < -0.3 is 5.11 Å². The van der Waals surface area contributed by atoms with Gasteiger partial charge in [-0.2, -0.15) is 4.72 Å². The lowest BCUT2D eigenvalue weighted by atomic mass is 10.2. The van der Waals surface area contributed by atoms with Crippen molar-refractivity contribution in [3.63, 3.8) is 0 Å². The van der Waals surface area contributed by atoms with Crippen molar-refractivity contribution >= 4 is 27.6 Å². The third-order valence-corrected chi connectivity index (χ3v) is 4.10. The van der Waals surface area contributed by atoms with E-state index in [1.54, 1.807) is 13.0 Å². The van der Waals surface area contributed by atoms with Gasteiger partial charge in [-0.1, -0.05) is 17.7 Å². The Kier molecular flexibility index (Phi) is 4.13. The lowest BCUT2D eigenvalue weighted by Gasteiger charge is -2.11. The summed E-state index contributed by atoms with van der Waals surface area (Å²) in [6, 6.07) is 3.30. The molecule has 1 aromatic carbocycles. The monoisotopic (exact) mass is 277 g/mol. The molecule has 0 saturated carbocycles. The zero-order valence-electron chi connectivity index (χ0n) is 9.27. The second kappa shape index (κ2) is 5.03. The molecule has 5 nitrogen and oxygen atoms in total. The van der Waals surface area contributed by atoms with Crippen molar-refractivity contribution in [2.24, 2.45) is 0 Å². The zero-order chi connectivity index (χ0) is 13.2. The van der Waals surface area contributed by atoms with E-state index in [-0.39, 0.29) is 9.92 Å². The zero-order valence-corrected chi connectivity index (χ0v) is 10.8. The van der Waals surface area contributed by atoms with Gasteiger partial charge in [0.1, 0.15) is 10.9 Å². The van der Waals surface area contributed by atoms with Crippen molar-refractivity contribution in [2.45, 2.75) is 24.8 Å². The highest BCUT2D eigenvalue weighted by Crippen LogP contribution is 2.22. The second-order valence-corrected chi connectivity index (χ2v) is 5.70. The maximum absolute atomic E-state index is 11.9. The number of aryl methyl sites for hydroxylation is 1. The molecule has 7 heteroatoms. The first kappa shape index (κ1) is 14.0. The van der Waals surface area contributed by atoms with Crippen molar-refractivity contribution in [1.29, 1.82) is 0 Å². The first-order chi connectivity index (χ1) is 7.74. The molecule has 0 radical (unpaired) electrons. The number of hydrogen-bond acceptors (Lipinski definition) is 3. The van der Waals surface area contributed by atoms with Crippen LogP contribution < -0.4 is 4.72 Å². The molecule has 1 aromatic rings. The largest absolute Gasteiger partial charge is 0.480 e. The number of carboxylic acids is 1. The van der Waals surface area contributed by atoms with E-state index in [9.17, 15) is 13.2 Å². The fourth-order valence-corrected chi connectivity index (χ4v) is 2.94. The predicted octanol–water partition coefficient (Wildman–Crippen LogP) is 1.40. The third kappa shape index (κ3) is 3.42. The van der Waals surface area contributed by atoms with Crippen molar-refractivity contribution in [1.82, 2.24) is 4.72 Å². The number of hydrogen-bond donors (Lipinski definition) is 2. The topological polar surface area (TPSA) is 83.5 Å². The highest BCUT2D eigenvalue weighted by Gasteiger charge is 2.23. The van der Waals surface area contributed by atoms with Crippen molar-refractivity contribution in [3.8, 4) is 0 Å². The maximum atomic E-state index is 11.9. The number of aliphatic carboxylic acids is 1. The highest BCUT2D eigenvalue weighted by atomic mass is 35.5. The van der Waals surface area contributed by atoms with Gasteiger partial charge in [0.15, 0.2) is 0 Å². The maximum Gasteiger partial charge on any atom is 0.321 e. The average molecular weight is 278 g/mol. The third-order valence-electron chi connectivity index (χ3n) is 2.08. The van der Waals surface area contributed by atoms with E-state index in [4.69, 9.17) is 16.7 Å². The summed E-state index contributed by atoms with van der Waals surface area (Å²) in [5, 5.41) is 8.71. The smallest absolute Gasteiger partial charge is 0.321 e. The summed E-state index contributed by atoms with van der Waals surface area (Å²) in [4.78, 5) is 10.5. The number of rotatable bonds is 4. The Morgan fingerprint density at radius 3 is 2.59 bits per heavy atom. The van der Waals surface area contributed by atoms with E-state index in [0.717, 1.165) is 5.56 Å². The van der Waals surface area contributed by atoms with Crippen LogP contribution in [0.1, 0.15) is 12.5 Å². The average Bonchev–Trinajstić information content (AvgIpc) is 2.20. The minimum Gasteiger partial charge on any atom is -0.480 e. The molecule has 0 aliphatic carbocycles. The lowest BCUT2D eigenvalue weighted by Crippen LogP contribution is -2.38. The molecule has 0 saturated heterocycles. The second-order valence-electron chi connectivity index (χ2n) is 3.62. The van der Waals surface area contributed by atoms with Crippen molar-refractivity contribution in [3.05, 3.63) is 28.8 Å². The Balaban J connectivity index is 3.13. The van der Waals surface area contributed by atoms with Crippen LogP contribution in [0.25, 0.3) is 0 Å². The van der Waals surface area contributed by atoms with Crippen LogP contribution in [0, 0.1) is 6.92 Å². The van der Waals surface area contributed by atoms with E-state index in [0.29, 0.717) is 0 Å². The molecule has 1 atom stereocenters. The van der Waals surface area contributed by atoms with Gasteiger partial charge in [-0.05, 0) is 31.5 Å². The van der Waals surface area contributed by atoms with E-state index >= 15 is 0 Å². The van der Waals surface area contributed by atoms with Crippen LogP contribution in [-0.4, -0.2) is 25.5 Å². The van der Waals surface area contributed by atoms with Gasteiger partial charge in [-0.15, -0.1) is 0 Å². The number of halogens is 1. The van der Waals surface area contributed by atoms with Crippen LogP contribution in [0.4, 0.5) is 0 Å². The number of benzene rings is 1. The van der Waals surface area contributed by atoms with Gasteiger partial charge in [-0.25, -0.2) is 8.42 Å². The minimum atomic E-state index is -3.92. The number of sulfonamides is 1. The van der Waals surface area contributed by atoms with Gasteiger partial charge >= 0.3 is 5.97 Å². The van der Waals surface area contributed by atoms with Gasteiger partial charge in [0.25, 0.3) is 0 Å². The Morgan fingerprint density at radius 1 is 1.47 bits per heavy atom. The molecule has 17 heavy (non-hydrogen) atoms. The number of nitrogens with one attached hydrogen (secondary N) is 1. The molecule has 0 aromatic heterocycles. The standard InChI is InChI=1S/C10H12ClNO4S/c1-6-3-4-8(11)9(5-6)17(15,16)12-7(2)10(13)14/h3-5,7,12H,1-2H3,(H,13,14). The number of carbonyl (C=O) groups is 1. The summed E-state index contributed by atoms with van der Waals surface area (Å²) in [6.07, 6.45) is 0. The predicted molar refractivity (Wildman–Crippen MR) is 63.6 cm³/mol. The van der Waals surface area contributed by atoms with E-state index in [2.05, 4.69) is 0 Å². The lowest BCUT2D eigenvalue weighted by molar-refractivity contribution is -0.138. The quantitative estimate of drug-likeness (QED) is 0.871. The van der Waals surface area contributed by atoms with Crippen LogP contribution in [0.3, 0.4) is 0 Å². The molecule has 0 aliphatic heterocycles. The summed E-state index contributed by atoms with van der Waals surface area (Å²) in [7, 11) is -3.92. The molecule has 0 bridgehead atoms. The van der Waals surface area contributed by atoms with Crippen LogP contribution >= 0.6 is 11.6 Å². The Hall–Kier alpha value is -1.11. The SMILES string of the molecule is Cc1ccc(Cl)c(S(=O)(=O)NC(C)C(=O)O)c1. The fourth-order valence-electron chi connectivity index (χ4n) is 1.16. The Morgan fingerprint density at radius 2 is 2.06 bits per heavy atom. The summed E-state index contributed by atoms with van der Waals surface area (Å²) in [5.74, 6) is -1.25. The highest BCUT2D eigenvalue weighted by molar-refractivity contribution is 7.89. The fraction of sp³-hybridized carbons (Fsp3) is 0.300. The molecule has 94 valence electrons. The molecular formula is C10H12ClNO4S. The molecule has 1 unspecified atom stereocenters. The minimum absolute atomic E-state index is 0.0562. The molecule has 0 amide bonds. The van der Waals surface area contributed by atoms with Gasteiger partial charge in [0.2, 0.25) is 10.0 Å². The van der Waals surface area contributed by atoms with Crippen LogP contribution in [0.5, 0.6) is 0 Å². The van der Waals surface area contributed by atoms with Gasteiger partial charge in [-0.3, -0.25) is 4.79 Å². The van der Waals surface area contributed by atoms with E-state index in [1.807, 2.05) is 4.72 Å². The van der Waals surface area contributed by atoms with E-state index < -0.39 is 22.0 Å². The molecule has 0 spiro atoms. The van der Waals surface area contributed by atoms with Crippen molar-refractivity contribution < 1.29 is 18.3 Å². The molecule has 0 heterocycles. The van der Waals surface area contributed by atoms with Crippen molar-refractivity contribution in [2.75, 3.05) is 0 Å². The van der Waals surface area contributed by atoms with Gasteiger partial charge in [0, 0.05) is 0 Å². The van der Waals surface area contributed by atoms with Crippen LogP contribution in [0.15, 0.2) is 23.1 Å². The first-order valence-electron chi connectivity index (χ1n) is 4.75. The van der Waals surface area contributed by atoms with Gasteiger partial charge in [0.05, 0.1) is 5.02 Å². The van der Waals surface area contributed by atoms with E-state index in [1.165, 1.54) is 19.1 Å². The summed E-state index contributed by atoms with van der Waals surface area (Å²) >= 11 is 5.78. The molecule has 0 fully saturated rings. The molecular weight excluding hydrogens is 266 g/mol. The Labute approximate surface area is 104 Å². The molecule has 1 rings (SSSR count). The van der Waals surface area contributed by atoms with Crippen LogP contribution in [-0.2, 0) is 14.8 Å². The summed E-state index contributed by atoms with van der Waals surface area (Å²) in [5.41, 5.74) is 0.720. The first-order valence-corrected chi connectivity index (χ1v) is 6.61.